The van der Waals surface area contributed by atoms with Crippen LogP contribution in [-0.2, 0) is 4.79 Å². The Morgan fingerprint density at radius 1 is 1.42 bits per heavy atom. The maximum atomic E-state index is 11.5. The van der Waals surface area contributed by atoms with Crippen molar-refractivity contribution in [1.29, 1.82) is 0 Å². The third-order valence-electron chi connectivity index (χ3n) is 2.37. The van der Waals surface area contributed by atoms with Crippen molar-refractivity contribution in [2.45, 2.75) is 46.6 Å². The van der Waals surface area contributed by atoms with Crippen LogP contribution in [0.3, 0.4) is 0 Å². The molecule has 1 aliphatic carbocycles. The van der Waals surface area contributed by atoms with Gasteiger partial charge in [-0.15, -0.1) is 0 Å². The van der Waals surface area contributed by atoms with E-state index in [0.717, 1.165) is 5.92 Å². The van der Waals surface area contributed by atoms with Gasteiger partial charge in [0.05, 0.1) is 0 Å². The predicted molar refractivity (Wildman–Crippen MR) is 49.8 cm³/mol. The molecule has 1 fully saturated rings. The molecule has 1 rings (SSSR count). The molecule has 12 heavy (non-hydrogen) atoms. The summed E-state index contributed by atoms with van der Waals surface area (Å²) in [5.41, 5.74) is -0.247. The van der Waals surface area contributed by atoms with Crippen LogP contribution in [0.15, 0.2) is 0 Å². The van der Waals surface area contributed by atoms with E-state index in [-0.39, 0.29) is 11.3 Å². The Hall–Kier alpha value is -0.530. The van der Waals surface area contributed by atoms with Gasteiger partial charge in [0.2, 0.25) is 5.91 Å². The lowest BCUT2D eigenvalue weighted by Crippen LogP contribution is -2.41. The van der Waals surface area contributed by atoms with Crippen LogP contribution < -0.4 is 5.32 Å². The highest BCUT2D eigenvalue weighted by Gasteiger charge is 2.31. The van der Waals surface area contributed by atoms with Crippen molar-refractivity contribution in [2.75, 3.05) is 0 Å². The van der Waals surface area contributed by atoms with E-state index in [2.05, 4.69) is 12.2 Å². The number of nitrogens with one attached hydrogen (secondary N) is 1. The van der Waals surface area contributed by atoms with Crippen LogP contribution >= 0.6 is 0 Å². The van der Waals surface area contributed by atoms with Gasteiger partial charge in [0.1, 0.15) is 0 Å². The fraction of sp³-hybridized carbons (Fsp3) is 0.900. The molecule has 0 radical (unpaired) electrons. The molecule has 1 saturated carbocycles. The molecule has 0 aliphatic heterocycles. The SMILES string of the molecule is CC(NC(=O)C(C)(C)C)C1CC1. The molecule has 2 nitrogen and oxygen atoms in total. The summed E-state index contributed by atoms with van der Waals surface area (Å²) in [5, 5.41) is 3.04. The van der Waals surface area contributed by atoms with Gasteiger partial charge in [0.15, 0.2) is 0 Å². The van der Waals surface area contributed by atoms with E-state index in [0.29, 0.717) is 6.04 Å². The largest absolute Gasteiger partial charge is 0.353 e. The van der Waals surface area contributed by atoms with Gasteiger partial charge in [-0.25, -0.2) is 0 Å². The number of hydrogen-bond acceptors (Lipinski definition) is 1. The van der Waals surface area contributed by atoms with Crippen molar-refractivity contribution >= 4 is 5.91 Å². The summed E-state index contributed by atoms with van der Waals surface area (Å²) in [6.07, 6.45) is 2.57. The van der Waals surface area contributed by atoms with Crippen molar-refractivity contribution in [2.24, 2.45) is 11.3 Å². The highest BCUT2D eigenvalue weighted by Crippen LogP contribution is 2.32. The van der Waals surface area contributed by atoms with Crippen molar-refractivity contribution in [3.63, 3.8) is 0 Å². The van der Waals surface area contributed by atoms with Gasteiger partial charge >= 0.3 is 0 Å². The first-order valence-electron chi connectivity index (χ1n) is 4.72. The van der Waals surface area contributed by atoms with E-state index in [9.17, 15) is 4.79 Å². The lowest BCUT2D eigenvalue weighted by atomic mass is 9.95. The first kappa shape index (κ1) is 9.56. The summed E-state index contributed by atoms with van der Waals surface area (Å²) < 4.78 is 0. The highest BCUT2D eigenvalue weighted by atomic mass is 16.2. The van der Waals surface area contributed by atoms with Gasteiger partial charge in [0.25, 0.3) is 0 Å². The Morgan fingerprint density at radius 2 is 1.92 bits per heavy atom. The molecule has 0 spiro atoms. The number of carbonyl (C=O) groups excluding carboxylic acids is 1. The Balaban J connectivity index is 2.34. The van der Waals surface area contributed by atoms with Crippen molar-refractivity contribution in [1.82, 2.24) is 5.32 Å². The van der Waals surface area contributed by atoms with Gasteiger partial charge in [-0.1, -0.05) is 20.8 Å². The molecule has 1 atom stereocenters. The van der Waals surface area contributed by atoms with E-state index in [1.165, 1.54) is 12.8 Å². The molecule has 1 unspecified atom stereocenters. The van der Waals surface area contributed by atoms with Crippen LogP contribution in [-0.4, -0.2) is 11.9 Å². The molecule has 0 aromatic heterocycles. The van der Waals surface area contributed by atoms with Crippen LogP contribution in [0.1, 0.15) is 40.5 Å². The first-order chi connectivity index (χ1) is 5.41. The summed E-state index contributed by atoms with van der Waals surface area (Å²) in [6.45, 7) is 7.94. The fourth-order valence-electron chi connectivity index (χ4n) is 1.14. The molecule has 1 amide bonds. The van der Waals surface area contributed by atoms with E-state index < -0.39 is 0 Å². The second-order valence-corrected chi connectivity index (χ2v) is 4.85. The second-order valence-electron chi connectivity index (χ2n) is 4.85. The molecule has 0 heterocycles. The summed E-state index contributed by atoms with van der Waals surface area (Å²) >= 11 is 0. The van der Waals surface area contributed by atoms with E-state index in [4.69, 9.17) is 0 Å². The zero-order valence-electron chi connectivity index (χ0n) is 8.48. The first-order valence-corrected chi connectivity index (χ1v) is 4.72. The maximum Gasteiger partial charge on any atom is 0.225 e. The quantitative estimate of drug-likeness (QED) is 0.672. The molecular weight excluding hydrogens is 150 g/mol. The van der Waals surface area contributed by atoms with Gasteiger partial charge < -0.3 is 5.32 Å². The third-order valence-corrected chi connectivity index (χ3v) is 2.37. The summed E-state index contributed by atoms with van der Waals surface area (Å²) in [6, 6.07) is 0.372. The smallest absolute Gasteiger partial charge is 0.225 e. The molecule has 70 valence electrons. The average molecular weight is 169 g/mol. The number of rotatable bonds is 2. The fourth-order valence-corrected chi connectivity index (χ4v) is 1.14. The Bertz CT molecular complexity index is 177. The average Bonchev–Trinajstić information content (AvgIpc) is 2.65. The highest BCUT2D eigenvalue weighted by molar-refractivity contribution is 5.81. The molecule has 0 saturated heterocycles. The van der Waals surface area contributed by atoms with Crippen LogP contribution in [0.5, 0.6) is 0 Å². The van der Waals surface area contributed by atoms with Crippen molar-refractivity contribution in [3.05, 3.63) is 0 Å². The van der Waals surface area contributed by atoms with Crippen molar-refractivity contribution in [3.8, 4) is 0 Å². The normalized spacial score (nSPS) is 20.3. The maximum absolute atomic E-state index is 11.5. The Labute approximate surface area is 74.7 Å². The van der Waals surface area contributed by atoms with E-state index in [1.54, 1.807) is 0 Å². The Morgan fingerprint density at radius 3 is 2.25 bits per heavy atom. The molecule has 0 aromatic carbocycles. The minimum atomic E-state index is -0.247. The predicted octanol–water partition coefficient (Wildman–Crippen LogP) is 1.95. The lowest BCUT2D eigenvalue weighted by molar-refractivity contribution is -0.129. The summed E-state index contributed by atoms with van der Waals surface area (Å²) in [7, 11) is 0. The van der Waals surface area contributed by atoms with Crippen molar-refractivity contribution < 1.29 is 4.79 Å². The molecule has 0 bridgehead atoms. The standard InChI is InChI=1S/C10H19NO/c1-7(8-5-6-8)11-9(12)10(2,3)4/h7-8H,5-6H2,1-4H3,(H,11,12). The second kappa shape index (κ2) is 3.08. The monoisotopic (exact) mass is 169 g/mol. The van der Waals surface area contributed by atoms with E-state index in [1.807, 2.05) is 20.8 Å². The number of carbonyl (C=O) groups is 1. The molecule has 0 aromatic rings. The van der Waals surface area contributed by atoms with Crippen LogP contribution in [0.4, 0.5) is 0 Å². The molecular formula is C10H19NO. The molecule has 1 aliphatic rings. The molecule has 2 heteroatoms. The summed E-state index contributed by atoms with van der Waals surface area (Å²) in [5.74, 6) is 0.915. The topological polar surface area (TPSA) is 29.1 Å². The van der Waals surface area contributed by atoms with Gasteiger partial charge in [-0.05, 0) is 25.7 Å². The van der Waals surface area contributed by atoms with Gasteiger partial charge in [-0.2, -0.15) is 0 Å². The van der Waals surface area contributed by atoms with Crippen LogP contribution in [0, 0.1) is 11.3 Å². The third kappa shape index (κ3) is 2.50. The van der Waals surface area contributed by atoms with Crippen LogP contribution in [0.2, 0.25) is 0 Å². The minimum absolute atomic E-state index is 0.168. The lowest BCUT2D eigenvalue weighted by Gasteiger charge is -2.21. The number of hydrogen-bond donors (Lipinski definition) is 1. The zero-order chi connectivity index (χ0) is 9.35. The Kier molecular flexibility index (Phi) is 2.45. The zero-order valence-corrected chi connectivity index (χ0v) is 8.48. The summed E-state index contributed by atoms with van der Waals surface area (Å²) in [4.78, 5) is 11.5. The number of amides is 1. The minimum Gasteiger partial charge on any atom is -0.353 e. The van der Waals surface area contributed by atoms with Crippen LogP contribution in [0.25, 0.3) is 0 Å². The van der Waals surface area contributed by atoms with Gasteiger partial charge in [0, 0.05) is 11.5 Å². The van der Waals surface area contributed by atoms with E-state index >= 15 is 0 Å². The van der Waals surface area contributed by atoms with Gasteiger partial charge in [-0.3, -0.25) is 4.79 Å². The molecule has 1 N–H and O–H groups in total.